The Kier molecular flexibility index (Phi) is 5.19. The minimum atomic E-state index is -0.565. The number of amides is 3. The van der Waals surface area contributed by atoms with Crippen LogP contribution in [-0.2, 0) is 16.2 Å². The van der Waals surface area contributed by atoms with E-state index in [2.05, 4.69) is 10.1 Å². The van der Waals surface area contributed by atoms with Crippen LogP contribution in [0, 0.1) is 0 Å². The summed E-state index contributed by atoms with van der Waals surface area (Å²) in [6, 6.07) is 5.73. The second kappa shape index (κ2) is 7.77. The molecule has 0 aromatic carbocycles. The van der Waals surface area contributed by atoms with Gasteiger partial charge in [-0.1, -0.05) is 11.2 Å². The molecule has 1 spiro atoms. The number of carbonyl (C=O) groups excluding carboxylic acids is 2. The monoisotopic (exact) mass is 385 g/mol. The summed E-state index contributed by atoms with van der Waals surface area (Å²) < 4.78 is 0. The van der Waals surface area contributed by atoms with Gasteiger partial charge in [-0.25, -0.2) is 4.79 Å². The molecule has 1 aromatic rings. The Hall–Kier alpha value is -2.64. The predicted octanol–water partition coefficient (Wildman–Crippen LogP) is 1.87. The molecule has 8 nitrogen and oxygen atoms in total. The summed E-state index contributed by atoms with van der Waals surface area (Å²) in [6.07, 6.45) is 5.98. The highest BCUT2D eigenvalue weighted by Crippen LogP contribution is 2.34. The zero-order valence-electron chi connectivity index (χ0n) is 16.3. The Morgan fingerprint density at radius 3 is 2.71 bits per heavy atom. The van der Waals surface area contributed by atoms with Gasteiger partial charge in [-0.3, -0.25) is 9.78 Å². The zero-order chi connectivity index (χ0) is 19.6. The van der Waals surface area contributed by atoms with Gasteiger partial charge in [0, 0.05) is 39.3 Å². The van der Waals surface area contributed by atoms with Crippen LogP contribution in [0.1, 0.15) is 37.8 Å². The molecule has 150 valence electrons. The van der Waals surface area contributed by atoms with E-state index in [4.69, 9.17) is 4.84 Å². The van der Waals surface area contributed by atoms with E-state index in [1.807, 2.05) is 28.0 Å². The number of piperidine rings is 1. The van der Waals surface area contributed by atoms with Crippen molar-refractivity contribution in [2.75, 3.05) is 33.2 Å². The number of hydrogen-bond donors (Lipinski definition) is 0. The molecule has 0 aliphatic carbocycles. The van der Waals surface area contributed by atoms with E-state index in [0.717, 1.165) is 51.0 Å². The number of pyridine rings is 1. The lowest BCUT2D eigenvalue weighted by Gasteiger charge is -2.39. The van der Waals surface area contributed by atoms with E-state index in [-0.39, 0.29) is 11.9 Å². The smallest absolute Gasteiger partial charge is 0.320 e. The molecule has 4 heterocycles. The topological polar surface area (TPSA) is 78.3 Å². The first-order chi connectivity index (χ1) is 13.6. The van der Waals surface area contributed by atoms with E-state index in [1.165, 1.54) is 0 Å². The first-order valence-corrected chi connectivity index (χ1v) is 10.0. The van der Waals surface area contributed by atoms with Crippen LogP contribution >= 0.6 is 0 Å². The summed E-state index contributed by atoms with van der Waals surface area (Å²) in [5.74, 6) is -0.148. The molecule has 2 fully saturated rings. The van der Waals surface area contributed by atoms with Gasteiger partial charge in [-0.15, -0.1) is 0 Å². The summed E-state index contributed by atoms with van der Waals surface area (Å²) in [5.41, 5.74) is 0.686. The van der Waals surface area contributed by atoms with Gasteiger partial charge in [-0.05, 0) is 37.8 Å². The number of aromatic nitrogens is 1. The van der Waals surface area contributed by atoms with E-state index in [9.17, 15) is 9.59 Å². The molecule has 3 amide bonds. The predicted molar refractivity (Wildman–Crippen MR) is 104 cm³/mol. The van der Waals surface area contributed by atoms with Crippen LogP contribution in [0.2, 0.25) is 0 Å². The van der Waals surface area contributed by atoms with Gasteiger partial charge in [0.2, 0.25) is 0 Å². The van der Waals surface area contributed by atoms with Crippen LogP contribution in [0.25, 0.3) is 0 Å². The Bertz CT molecular complexity index is 762. The normalized spacial score (nSPS) is 24.2. The van der Waals surface area contributed by atoms with Crippen LogP contribution < -0.4 is 0 Å². The summed E-state index contributed by atoms with van der Waals surface area (Å²) in [7, 11) is 1.74. The maximum absolute atomic E-state index is 12.8. The standard InChI is InChI=1S/C20H27N5O3/c1-23(14-16-7-2-3-9-21-16)18(26)17-13-20(28-22-17)8-6-12-25(15-20)19(27)24-10-4-5-11-24/h2-3,7,9H,4-6,8,10-15H2,1H3/t20-/m1/s1. The van der Waals surface area contributed by atoms with Crippen molar-refractivity contribution in [1.82, 2.24) is 19.7 Å². The van der Waals surface area contributed by atoms with E-state index < -0.39 is 5.60 Å². The first kappa shape index (κ1) is 18.7. The minimum absolute atomic E-state index is 0.0900. The third kappa shape index (κ3) is 3.81. The highest BCUT2D eigenvalue weighted by Gasteiger charge is 2.46. The number of likely N-dealkylation sites (tertiary alicyclic amines) is 2. The third-order valence-corrected chi connectivity index (χ3v) is 5.74. The molecule has 28 heavy (non-hydrogen) atoms. The van der Waals surface area contributed by atoms with Crippen LogP contribution in [0.5, 0.6) is 0 Å². The molecule has 2 saturated heterocycles. The summed E-state index contributed by atoms with van der Waals surface area (Å²) in [4.78, 5) is 41.0. The van der Waals surface area contributed by atoms with Crippen molar-refractivity contribution in [3.63, 3.8) is 0 Å². The SMILES string of the molecule is CN(Cc1ccccn1)C(=O)C1=NO[C@]2(CCCN(C(=O)N3CCCC3)C2)C1. The third-order valence-electron chi connectivity index (χ3n) is 5.74. The molecule has 3 aliphatic heterocycles. The van der Waals surface area contributed by atoms with Crippen LogP contribution in [-0.4, -0.2) is 76.2 Å². The molecule has 3 aliphatic rings. The summed E-state index contributed by atoms with van der Waals surface area (Å²) >= 11 is 0. The Balaban J connectivity index is 1.36. The van der Waals surface area contributed by atoms with Crippen molar-refractivity contribution >= 4 is 17.6 Å². The van der Waals surface area contributed by atoms with Crippen molar-refractivity contribution in [2.24, 2.45) is 5.16 Å². The van der Waals surface area contributed by atoms with E-state index >= 15 is 0 Å². The molecule has 0 radical (unpaired) electrons. The summed E-state index contributed by atoms with van der Waals surface area (Å²) in [5, 5.41) is 4.12. The molecule has 0 saturated carbocycles. The second-order valence-electron chi connectivity index (χ2n) is 7.97. The highest BCUT2D eigenvalue weighted by atomic mass is 16.7. The number of rotatable bonds is 3. The van der Waals surface area contributed by atoms with E-state index in [1.54, 1.807) is 18.1 Å². The molecular weight excluding hydrogens is 358 g/mol. The van der Waals surface area contributed by atoms with Gasteiger partial charge < -0.3 is 19.5 Å². The number of nitrogens with zero attached hydrogens (tertiary/aromatic N) is 5. The molecule has 1 atom stereocenters. The van der Waals surface area contributed by atoms with Gasteiger partial charge in [0.25, 0.3) is 5.91 Å². The first-order valence-electron chi connectivity index (χ1n) is 10.0. The molecule has 8 heteroatoms. The number of oxime groups is 1. The van der Waals surface area contributed by atoms with Crippen molar-refractivity contribution in [3.05, 3.63) is 30.1 Å². The highest BCUT2D eigenvalue weighted by molar-refractivity contribution is 6.39. The molecule has 0 N–H and O–H groups in total. The average molecular weight is 385 g/mol. The van der Waals surface area contributed by atoms with Crippen LogP contribution in [0.15, 0.2) is 29.6 Å². The molecular formula is C20H27N5O3. The quantitative estimate of drug-likeness (QED) is 0.796. The Labute approximate surface area is 165 Å². The van der Waals surface area contributed by atoms with Crippen molar-refractivity contribution in [3.8, 4) is 0 Å². The number of carbonyl (C=O) groups is 2. The lowest BCUT2D eigenvalue weighted by atomic mass is 9.88. The molecule has 1 aromatic heterocycles. The van der Waals surface area contributed by atoms with Gasteiger partial charge >= 0.3 is 6.03 Å². The van der Waals surface area contributed by atoms with Crippen LogP contribution in [0.4, 0.5) is 4.79 Å². The molecule has 0 unspecified atom stereocenters. The van der Waals surface area contributed by atoms with Gasteiger partial charge in [-0.2, -0.15) is 0 Å². The summed E-state index contributed by atoms with van der Waals surface area (Å²) in [6.45, 7) is 3.32. The van der Waals surface area contributed by atoms with E-state index in [0.29, 0.717) is 25.2 Å². The number of urea groups is 1. The average Bonchev–Trinajstić information content (AvgIpc) is 3.38. The van der Waals surface area contributed by atoms with Crippen molar-refractivity contribution in [1.29, 1.82) is 0 Å². The molecule has 0 bridgehead atoms. The van der Waals surface area contributed by atoms with Gasteiger partial charge in [0.1, 0.15) is 5.71 Å². The zero-order valence-corrected chi connectivity index (χ0v) is 16.3. The number of hydrogen-bond acceptors (Lipinski definition) is 5. The van der Waals surface area contributed by atoms with Crippen LogP contribution in [0.3, 0.4) is 0 Å². The maximum Gasteiger partial charge on any atom is 0.320 e. The Morgan fingerprint density at radius 2 is 1.96 bits per heavy atom. The lowest BCUT2D eigenvalue weighted by Crippen LogP contribution is -2.54. The van der Waals surface area contributed by atoms with Gasteiger partial charge in [0.05, 0.1) is 18.8 Å². The lowest BCUT2D eigenvalue weighted by molar-refractivity contribution is -0.123. The Morgan fingerprint density at radius 1 is 1.18 bits per heavy atom. The maximum atomic E-state index is 12.8. The minimum Gasteiger partial charge on any atom is -0.386 e. The molecule has 4 rings (SSSR count). The largest absolute Gasteiger partial charge is 0.386 e. The second-order valence-corrected chi connectivity index (χ2v) is 7.97. The fraction of sp³-hybridized carbons (Fsp3) is 0.600. The fourth-order valence-electron chi connectivity index (χ4n) is 4.25. The van der Waals surface area contributed by atoms with Crippen molar-refractivity contribution in [2.45, 2.75) is 44.2 Å². The fourth-order valence-corrected chi connectivity index (χ4v) is 4.25. The van der Waals surface area contributed by atoms with Gasteiger partial charge in [0.15, 0.2) is 5.60 Å². The van der Waals surface area contributed by atoms with Crippen molar-refractivity contribution < 1.29 is 14.4 Å².